The molecule has 2 N–H and O–H groups in total. The minimum Gasteiger partial charge on any atom is -0.391 e. The maximum atomic E-state index is 12.2. The van der Waals surface area contributed by atoms with Crippen LogP contribution in [0.15, 0.2) is 30.3 Å². The fourth-order valence-electron chi connectivity index (χ4n) is 1.69. The molecule has 0 aliphatic carbocycles. The maximum Gasteiger partial charge on any atom is 0.251 e. The number of amides is 1. The highest BCUT2D eigenvalue weighted by atomic mass is 16.3. The third-order valence-corrected chi connectivity index (χ3v) is 2.83. The second-order valence-electron chi connectivity index (χ2n) is 5.67. The minimum atomic E-state index is -0.931. The zero-order valence-electron chi connectivity index (χ0n) is 11.8. The molecule has 4 nitrogen and oxygen atoms in total. The van der Waals surface area contributed by atoms with Crippen molar-refractivity contribution >= 4 is 11.7 Å². The minimum absolute atomic E-state index is 0.188. The van der Waals surface area contributed by atoms with Gasteiger partial charge in [-0.25, -0.2) is 0 Å². The predicted octanol–water partition coefficient (Wildman–Crippen LogP) is 1.78. The Kier molecular flexibility index (Phi) is 4.84. The van der Waals surface area contributed by atoms with E-state index in [1.807, 2.05) is 6.07 Å². The molecule has 1 aromatic rings. The molecule has 19 heavy (non-hydrogen) atoms. The zero-order chi connectivity index (χ0) is 14.6. The summed E-state index contributed by atoms with van der Waals surface area (Å²) < 4.78 is 0. The molecule has 0 saturated heterocycles. The molecule has 0 spiro atoms. The van der Waals surface area contributed by atoms with Crippen LogP contribution in [0.3, 0.4) is 0 Å². The second kappa shape index (κ2) is 5.97. The van der Waals surface area contributed by atoms with Crippen molar-refractivity contribution in [2.24, 2.45) is 5.41 Å². The Morgan fingerprint density at radius 2 is 1.68 bits per heavy atom. The average molecular weight is 263 g/mol. The molecule has 4 heteroatoms. The molecule has 0 bridgehead atoms. The fraction of sp³-hybridized carbons (Fsp3) is 0.467. The van der Waals surface area contributed by atoms with Gasteiger partial charge in [0.1, 0.15) is 6.04 Å². The number of ketones is 1. The quantitative estimate of drug-likeness (QED) is 0.870. The van der Waals surface area contributed by atoms with Gasteiger partial charge in [0.05, 0.1) is 6.10 Å². The van der Waals surface area contributed by atoms with Gasteiger partial charge in [0.25, 0.3) is 5.91 Å². The number of hydrogen-bond donors (Lipinski definition) is 2. The standard InChI is InChI=1S/C15H21NO3/c1-10(17)12(13(18)15(2,3)4)16-14(19)11-8-6-5-7-9-11/h5-10,12,17H,1-4H3,(H,16,19)/t10-,12+/m0/s1. The lowest BCUT2D eigenvalue weighted by atomic mass is 9.84. The summed E-state index contributed by atoms with van der Waals surface area (Å²) >= 11 is 0. The molecule has 0 aliphatic heterocycles. The number of nitrogens with one attached hydrogen (secondary N) is 1. The number of rotatable bonds is 4. The van der Waals surface area contributed by atoms with Crippen LogP contribution in [0.5, 0.6) is 0 Å². The van der Waals surface area contributed by atoms with E-state index >= 15 is 0 Å². The third kappa shape index (κ3) is 4.17. The van der Waals surface area contributed by atoms with E-state index in [9.17, 15) is 14.7 Å². The van der Waals surface area contributed by atoms with E-state index < -0.39 is 17.6 Å². The SMILES string of the molecule is C[C@H](O)[C@@H](NC(=O)c1ccccc1)C(=O)C(C)(C)C. The number of Topliss-reactive ketones (excluding diaryl/α,β-unsaturated/α-hetero) is 1. The number of aliphatic hydroxyl groups is 1. The summed E-state index contributed by atoms with van der Waals surface area (Å²) in [5.74, 6) is -0.545. The largest absolute Gasteiger partial charge is 0.391 e. The highest BCUT2D eigenvalue weighted by molar-refractivity contribution is 5.99. The summed E-state index contributed by atoms with van der Waals surface area (Å²) in [7, 11) is 0. The molecule has 1 amide bonds. The Morgan fingerprint density at radius 3 is 2.11 bits per heavy atom. The van der Waals surface area contributed by atoms with Crippen molar-refractivity contribution in [3.05, 3.63) is 35.9 Å². The maximum absolute atomic E-state index is 12.2. The second-order valence-corrected chi connectivity index (χ2v) is 5.67. The summed E-state index contributed by atoms with van der Waals surface area (Å²) in [5, 5.41) is 12.3. The molecule has 0 aromatic heterocycles. The first-order valence-electron chi connectivity index (χ1n) is 6.32. The van der Waals surface area contributed by atoms with Crippen molar-refractivity contribution in [1.82, 2.24) is 5.32 Å². The Balaban J connectivity index is 2.87. The molecule has 104 valence electrons. The molecule has 1 rings (SSSR count). The lowest BCUT2D eigenvalue weighted by molar-refractivity contribution is -0.130. The Morgan fingerprint density at radius 1 is 1.16 bits per heavy atom. The van der Waals surface area contributed by atoms with Gasteiger partial charge in [-0.05, 0) is 19.1 Å². The van der Waals surface area contributed by atoms with Crippen molar-refractivity contribution in [3.8, 4) is 0 Å². The third-order valence-electron chi connectivity index (χ3n) is 2.83. The molecule has 0 fully saturated rings. The molecule has 0 heterocycles. The molecule has 0 aliphatic rings. The van der Waals surface area contributed by atoms with Gasteiger partial charge in [-0.1, -0.05) is 39.0 Å². The smallest absolute Gasteiger partial charge is 0.251 e. The monoisotopic (exact) mass is 263 g/mol. The number of carbonyl (C=O) groups is 2. The van der Waals surface area contributed by atoms with E-state index in [1.54, 1.807) is 45.0 Å². The lowest BCUT2D eigenvalue weighted by Gasteiger charge is -2.27. The summed E-state index contributed by atoms with van der Waals surface area (Å²) in [5.41, 5.74) is -0.152. The van der Waals surface area contributed by atoms with E-state index in [0.717, 1.165) is 0 Å². The van der Waals surface area contributed by atoms with Crippen LogP contribution in [-0.4, -0.2) is 28.9 Å². The molecule has 0 saturated carbocycles. The number of benzene rings is 1. The van der Waals surface area contributed by atoms with E-state index in [-0.39, 0.29) is 11.7 Å². The Bertz CT molecular complexity index is 446. The van der Waals surface area contributed by atoms with Crippen LogP contribution in [0.4, 0.5) is 0 Å². The van der Waals surface area contributed by atoms with Gasteiger partial charge in [-0.15, -0.1) is 0 Å². The van der Waals surface area contributed by atoms with Gasteiger partial charge >= 0.3 is 0 Å². The molecule has 0 radical (unpaired) electrons. The van der Waals surface area contributed by atoms with Crippen LogP contribution >= 0.6 is 0 Å². The summed E-state index contributed by atoms with van der Waals surface area (Å²) in [4.78, 5) is 24.2. The van der Waals surface area contributed by atoms with Crippen LogP contribution < -0.4 is 5.32 Å². The first-order valence-corrected chi connectivity index (χ1v) is 6.32. The van der Waals surface area contributed by atoms with Gasteiger partial charge < -0.3 is 10.4 Å². The van der Waals surface area contributed by atoms with E-state index in [0.29, 0.717) is 5.56 Å². The van der Waals surface area contributed by atoms with Crippen molar-refractivity contribution in [1.29, 1.82) is 0 Å². The van der Waals surface area contributed by atoms with E-state index in [1.165, 1.54) is 6.92 Å². The highest BCUT2D eigenvalue weighted by Crippen LogP contribution is 2.18. The number of carbonyl (C=O) groups excluding carboxylic acids is 2. The highest BCUT2D eigenvalue weighted by Gasteiger charge is 2.33. The number of aliphatic hydroxyl groups excluding tert-OH is 1. The molecular weight excluding hydrogens is 242 g/mol. The molecular formula is C15H21NO3. The van der Waals surface area contributed by atoms with Crippen LogP contribution in [-0.2, 0) is 4.79 Å². The summed E-state index contributed by atoms with van der Waals surface area (Å²) in [6, 6.07) is 7.73. The van der Waals surface area contributed by atoms with Crippen molar-refractivity contribution in [2.75, 3.05) is 0 Å². The molecule has 2 atom stereocenters. The van der Waals surface area contributed by atoms with Crippen molar-refractivity contribution in [2.45, 2.75) is 39.8 Å². The summed E-state index contributed by atoms with van der Waals surface area (Å²) in [6.45, 7) is 6.79. The van der Waals surface area contributed by atoms with Crippen LogP contribution in [0.2, 0.25) is 0 Å². The number of hydrogen-bond acceptors (Lipinski definition) is 3. The zero-order valence-corrected chi connectivity index (χ0v) is 11.8. The molecule has 1 aromatic carbocycles. The van der Waals surface area contributed by atoms with E-state index in [2.05, 4.69) is 5.32 Å². The van der Waals surface area contributed by atoms with Crippen LogP contribution in [0, 0.1) is 5.41 Å². The normalized spacial score (nSPS) is 14.6. The van der Waals surface area contributed by atoms with Gasteiger partial charge in [-0.3, -0.25) is 9.59 Å². The first-order chi connectivity index (χ1) is 8.73. The first kappa shape index (κ1) is 15.4. The van der Waals surface area contributed by atoms with Gasteiger partial charge in [0.15, 0.2) is 5.78 Å². The predicted molar refractivity (Wildman–Crippen MR) is 73.8 cm³/mol. The van der Waals surface area contributed by atoms with Gasteiger partial charge in [-0.2, -0.15) is 0 Å². The fourth-order valence-corrected chi connectivity index (χ4v) is 1.69. The Labute approximate surface area is 113 Å². The van der Waals surface area contributed by atoms with Crippen molar-refractivity contribution < 1.29 is 14.7 Å². The van der Waals surface area contributed by atoms with E-state index in [4.69, 9.17) is 0 Å². The Hall–Kier alpha value is -1.68. The van der Waals surface area contributed by atoms with Crippen molar-refractivity contribution in [3.63, 3.8) is 0 Å². The van der Waals surface area contributed by atoms with Crippen LogP contribution in [0.25, 0.3) is 0 Å². The lowest BCUT2D eigenvalue weighted by Crippen LogP contribution is -2.51. The van der Waals surface area contributed by atoms with Gasteiger partial charge in [0.2, 0.25) is 0 Å². The van der Waals surface area contributed by atoms with Gasteiger partial charge in [0, 0.05) is 11.0 Å². The molecule has 0 unspecified atom stereocenters. The topological polar surface area (TPSA) is 66.4 Å². The average Bonchev–Trinajstić information content (AvgIpc) is 2.34. The van der Waals surface area contributed by atoms with Crippen LogP contribution in [0.1, 0.15) is 38.1 Å². The summed E-state index contributed by atoms with van der Waals surface area (Å²) in [6.07, 6.45) is -0.931.